The first-order valence-electron chi connectivity index (χ1n) is 5.46. The molecule has 0 N–H and O–H groups in total. The minimum Gasteiger partial charge on any atom is -0.460 e. The predicted octanol–water partition coefficient (Wildman–Crippen LogP) is 2.56. The minimum atomic E-state index is -0.414. The summed E-state index contributed by atoms with van der Waals surface area (Å²) in [5.41, 5.74) is 0.397. The summed E-state index contributed by atoms with van der Waals surface area (Å²) in [7, 11) is 0. The fourth-order valence-electron chi connectivity index (χ4n) is 1.13. The second-order valence-electron chi connectivity index (χ2n) is 3.97. The van der Waals surface area contributed by atoms with Gasteiger partial charge in [-0.05, 0) is 18.1 Å². The summed E-state index contributed by atoms with van der Waals surface area (Å²) in [6, 6.07) is 3.03. The molecule has 5 heteroatoms. The molecule has 0 bridgehead atoms. The van der Waals surface area contributed by atoms with Crippen LogP contribution in [0.3, 0.4) is 0 Å². The first-order chi connectivity index (χ1) is 8.09. The van der Waals surface area contributed by atoms with E-state index in [9.17, 15) is 4.79 Å². The van der Waals surface area contributed by atoms with Gasteiger partial charge in [0.1, 0.15) is 11.8 Å². The van der Waals surface area contributed by atoms with Crippen molar-refractivity contribution in [2.45, 2.75) is 13.8 Å². The zero-order chi connectivity index (χ0) is 12.7. The molecule has 0 unspecified atom stereocenters. The highest BCUT2D eigenvalue weighted by atomic mass is 35.5. The third kappa shape index (κ3) is 5.65. The fraction of sp³-hybridized carbons (Fsp3) is 0.500. The molecule has 0 aliphatic rings. The van der Waals surface area contributed by atoms with E-state index in [1.165, 1.54) is 12.3 Å². The molecule has 1 heterocycles. The molecule has 0 atom stereocenters. The van der Waals surface area contributed by atoms with E-state index in [4.69, 9.17) is 21.1 Å². The average Bonchev–Trinajstić information content (AvgIpc) is 2.28. The molecule has 1 aromatic heterocycles. The van der Waals surface area contributed by atoms with Crippen LogP contribution in [0.15, 0.2) is 18.3 Å². The molecule has 0 saturated carbocycles. The molecule has 0 aliphatic heterocycles. The van der Waals surface area contributed by atoms with Crippen LogP contribution in [-0.4, -0.2) is 30.8 Å². The van der Waals surface area contributed by atoms with Crippen molar-refractivity contribution < 1.29 is 14.3 Å². The maximum Gasteiger partial charge on any atom is 0.338 e. The average molecular weight is 258 g/mol. The van der Waals surface area contributed by atoms with Crippen molar-refractivity contribution in [1.29, 1.82) is 0 Å². The topological polar surface area (TPSA) is 48.4 Å². The summed E-state index contributed by atoms with van der Waals surface area (Å²) in [5, 5.41) is 0.274. The highest BCUT2D eigenvalue weighted by Crippen LogP contribution is 2.08. The fourth-order valence-corrected chi connectivity index (χ4v) is 1.30. The summed E-state index contributed by atoms with van der Waals surface area (Å²) < 4.78 is 10.3. The first kappa shape index (κ1) is 13.9. The molecule has 0 saturated heterocycles. The molecule has 0 aromatic carbocycles. The maximum atomic E-state index is 11.5. The largest absolute Gasteiger partial charge is 0.460 e. The Bertz CT molecular complexity index is 369. The van der Waals surface area contributed by atoms with E-state index in [1.807, 2.05) is 0 Å². The number of hydrogen-bond donors (Lipinski definition) is 0. The van der Waals surface area contributed by atoms with Crippen LogP contribution in [0.25, 0.3) is 0 Å². The zero-order valence-electron chi connectivity index (χ0n) is 9.98. The molecule has 0 spiro atoms. The lowest BCUT2D eigenvalue weighted by molar-refractivity contribution is 0.0277. The SMILES string of the molecule is CC(C)COCCOC(=O)c1ccnc(Cl)c1. The van der Waals surface area contributed by atoms with Gasteiger partial charge >= 0.3 is 5.97 Å². The van der Waals surface area contributed by atoms with Gasteiger partial charge in [-0.1, -0.05) is 25.4 Å². The lowest BCUT2D eigenvalue weighted by atomic mass is 10.2. The Morgan fingerprint density at radius 2 is 2.24 bits per heavy atom. The number of nitrogens with zero attached hydrogens (tertiary/aromatic N) is 1. The van der Waals surface area contributed by atoms with Crippen molar-refractivity contribution >= 4 is 17.6 Å². The second-order valence-corrected chi connectivity index (χ2v) is 4.36. The van der Waals surface area contributed by atoms with Gasteiger partial charge < -0.3 is 9.47 Å². The number of ether oxygens (including phenoxy) is 2. The van der Waals surface area contributed by atoms with Crippen molar-refractivity contribution in [3.63, 3.8) is 0 Å². The zero-order valence-corrected chi connectivity index (χ0v) is 10.7. The smallest absolute Gasteiger partial charge is 0.338 e. The van der Waals surface area contributed by atoms with Gasteiger partial charge in [0.25, 0.3) is 0 Å². The van der Waals surface area contributed by atoms with Crippen molar-refractivity contribution in [2.24, 2.45) is 5.92 Å². The Hall–Kier alpha value is -1.13. The van der Waals surface area contributed by atoms with Crippen molar-refractivity contribution in [2.75, 3.05) is 19.8 Å². The monoisotopic (exact) mass is 257 g/mol. The van der Waals surface area contributed by atoms with Crippen molar-refractivity contribution in [3.05, 3.63) is 29.0 Å². The third-order valence-electron chi connectivity index (χ3n) is 1.87. The number of halogens is 1. The van der Waals surface area contributed by atoms with Crippen molar-refractivity contribution in [1.82, 2.24) is 4.98 Å². The van der Waals surface area contributed by atoms with Gasteiger partial charge in [-0.15, -0.1) is 0 Å². The Morgan fingerprint density at radius 3 is 2.88 bits per heavy atom. The Kier molecular flexibility index (Phi) is 5.94. The quantitative estimate of drug-likeness (QED) is 0.446. The van der Waals surface area contributed by atoms with Crippen LogP contribution in [-0.2, 0) is 9.47 Å². The predicted molar refractivity (Wildman–Crippen MR) is 65.2 cm³/mol. The van der Waals surface area contributed by atoms with Gasteiger partial charge in [0.05, 0.1) is 12.2 Å². The minimum absolute atomic E-state index is 0.242. The second kappa shape index (κ2) is 7.25. The van der Waals surface area contributed by atoms with Crippen LogP contribution in [0.1, 0.15) is 24.2 Å². The highest BCUT2D eigenvalue weighted by Gasteiger charge is 2.07. The molecule has 0 radical (unpaired) electrons. The summed E-state index contributed by atoms with van der Waals surface area (Å²) in [5.74, 6) is 0.0622. The molecule has 17 heavy (non-hydrogen) atoms. The number of esters is 1. The first-order valence-corrected chi connectivity index (χ1v) is 5.84. The molecule has 0 fully saturated rings. The van der Waals surface area contributed by atoms with E-state index in [0.717, 1.165) is 0 Å². The van der Waals surface area contributed by atoms with Crippen molar-refractivity contribution in [3.8, 4) is 0 Å². The van der Waals surface area contributed by atoms with Crippen LogP contribution >= 0.6 is 11.6 Å². The standard InChI is InChI=1S/C12H16ClNO3/c1-9(2)8-16-5-6-17-12(15)10-3-4-14-11(13)7-10/h3-4,7,9H,5-6,8H2,1-2H3. The van der Waals surface area contributed by atoms with Crippen LogP contribution in [0.4, 0.5) is 0 Å². The van der Waals surface area contributed by atoms with Crippen LogP contribution in [0.2, 0.25) is 5.15 Å². The van der Waals surface area contributed by atoms with Gasteiger partial charge in [-0.3, -0.25) is 0 Å². The number of rotatable bonds is 6. The Morgan fingerprint density at radius 1 is 1.47 bits per heavy atom. The van der Waals surface area contributed by atoms with Gasteiger partial charge in [-0.2, -0.15) is 0 Å². The summed E-state index contributed by atoms with van der Waals surface area (Å²) in [6.07, 6.45) is 1.47. The van der Waals surface area contributed by atoms with E-state index in [-0.39, 0.29) is 11.8 Å². The summed E-state index contributed by atoms with van der Waals surface area (Å²) in [4.78, 5) is 15.3. The Balaban J connectivity index is 2.26. The van der Waals surface area contributed by atoms with Gasteiger partial charge in [-0.25, -0.2) is 9.78 Å². The van der Waals surface area contributed by atoms with E-state index >= 15 is 0 Å². The molecular formula is C12H16ClNO3. The molecule has 1 aromatic rings. The van der Waals surface area contributed by atoms with E-state index in [2.05, 4.69) is 18.8 Å². The van der Waals surface area contributed by atoms with Gasteiger partial charge in [0.15, 0.2) is 0 Å². The highest BCUT2D eigenvalue weighted by molar-refractivity contribution is 6.29. The Labute approximate surface area is 106 Å². The number of pyridine rings is 1. The lowest BCUT2D eigenvalue weighted by Crippen LogP contribution is -2.12. The molecule has 4 nitrogen and oxygen atoms in total. The lowest BCUT2D eigenvalue weighted by Gasteiger charge is -2.07. The van der Waals surface area contributed by atoms with Gasteiger partial charge in [0.2, 0.25) is 0 Å². The summed E-state index contributed by atoms with van der Waals surface area (Å²) in [6.45, 7) is 5.43. The van der Waals surface area contributed by atoms with E-state index in [0.29, 0.717) is 24.7 Å². The normalized spacial score (nSPS) is 10.6. The molecule has 94 valence electrons. The number of aromatic nitrogens is 1. The molecule has 0 amide bonds. The number of carbonyl (C=O) groups is 1. The number of hydrogen-bond acceptors (Lipinski definition) is 4. The maximum absolute atomic E-state index is 11.5. The summed E-state index contributed by atoms with van der Waals surface area (Å²) >= 11 is 5.66. The van der Waals surface area contributed by atoms with Crippen LogP contribution in [0, 0.1) is 5.92 Å². The van der Waals surface area contributed by atoms with Gasteiger partial charge in [0, 0.05) is 12.8 Å². The van der Waals surface area contributed by atoms with Crippen LogP contribution < -0.4 is 0 Å². The third-order valence-corrected chi connectivity index (χ3v) is 2.08. The van der Waals surface area contributed by atoms with E-state index < -0.39 is 5.97 Å². The molecule has 1 rings (SSSR count). The number of carbonyl (C=O) groups excluding carboxylic acids is 1. The van der Waals surface area contributed by atoms with Crippen LogP contribution in [0.5, 0.6) is 0 Å². The molecule has 0 aliphatic carbocycles. The molecular weight excluding hydrogens is 242 g/mol. The van der Waals surface area contributed by atoms with E-state index in [1.54, 1.807) is 6.07 Å².